The van der Waals surface area contributed by atoms with E-state index in [-0.39, 0.29) is 17.9 Å². The molecule has 5 nitrogen and oxygen atoms in total. The van der Waals surface area contributed by atoms with E-state index < -0.39 is 11.5 Å². The van der Waals surface area contributed by atoms with Gasteiger partial charge in [0.05, 0.1) is 5.56 Å². The van der Waals surface area contributed by atoms with E-state index in [9.17, 15) is 9.59 Å². The molecular weight excluding hydrogens is 220 g/mol. The second-order valence-corrected chi connectivity index (χ2v) is 4.60. The molecule has 0 aliphatic carbocycles. The number of benzene rings is 1. The molecule has 17 heavy (non-hydrogen) atoms. The lowest BCUT2D eigenvalue weighted by atomic mass is 10.0. The number of rotatable bonds is 4. The fraction of sp³-hybridized carbons (Fsp3) is 0.333. The third-order valence-electron chi connectivity index (χ3n) is 2.03. The molecule has 0 atom stereocenters. The van der Waals surface area contributed by atoms with Crippen molar-refractivity contribution in [3.63, 3.8) is 0 Å². The van der Waals surface area contributed by atoms with Crippen molar-refractivity contribution < 1.29 is 14.7 Å². The Morgan fingerprint density at radius 2 is 1.82 bits per heavy atom. The zero-order chi connectivity index (χ0) is 13.1. The number of nitrogens with one attached hydrogen (secondary N) is 1. The van der Waals surface area contributed by atoms with Gasteiger partial charge in [0, 0.05) is 17.6 Å². The van der Waals surface area contributed by atoms with E-state index >= 15 is 0 Å². The summed E-state index contributed by atoms with van der Waals surface area (Å²) < 4.78 is 0. The van der Waals surface area contributed by atoms with Crippen molar-refractivity contribution in [3.8, 4) is 0 Å². The van der Waals surface area contributed by atoms with Crippen LogP contribution in [0.2, 0.25) is 0 Å². The molecule has 0 aromatic heterocycles. The SMILES string of the molecule is CC(C)(N)CC(=O)Nc1ccc(C(=O)O)cc1. The van der Waals surface area contributed by atoms with Crippen LogP contribution < -0.4 is 11.1 Å². The molecule has 0 saturated heterocycles. The molecule has 0 aliphatic heterocycles. The van der Waals surface area contributed by atoms with E-state index in [4.69, 9.17) is 10.8 Å². The van der Waals surface area contributed by atoms with Crippen molar-refractivity contribution in [1.82, 2.24) is 0 Å². The zero-order valence-electron chi connectivity index (χ0n) is 9.86. The van der Waals surface area contributed by atoms with Crippen LogP contribution in [0.25, 0.3) is 0 Å². The second kappa shape index (κ2) is 4.97. The maximum atomic E-state index is 11.5. The highest BCUT2D eigenvalue weighted by Crippen LogP contribution is 2.11. The number of carbonyl (C=O) groups excluding carboxylic acids is 1. The fourth-order valence-electron chi connectivity index (χ4n) is 1.32. The lowest BCUT2D eigenvalue weighted by Crippen LogP contribution is -2.36. The number of carboxylic acids is 1. The quantitative estimate of drug-likeness (QED) is 0.737. The first-order valence-electron chi connectivity index (χ1n) is 5.20. The van der Waals surface area contributed by atoms with Crippen LogP contribution in [0.4, 0.5) is 5.69 Å². The van der Waals surface area contributed by atoms with E-state index in [0.717, 1.165) is 0 Å². The highest BCUT2D eigenvalue weighted by Gasteiger charge is 2.16. The minimum atomic E-state index is -0.994. The van der Waals surface area contributed by atoms with Gasteiger partial charge < -0.3 is 16.2 Å². The molecule has 0 bridgehead atoms. The van der Waals surface area contributed by atoms with Gasteiger partial charge in [-0.15, -0.1) is 0 Å². The van der Waals surface area contributed by atoms with E-state index in [1.54, 1.807) is 26.0 Å². The highest BCUT2D eigenvalue weighted by molar-refractivity contribution is 5.92. The normalized spacial score (nSPS) is 11.0. The Morgan fingerprint density at radius 1 is 1.29 bits per heavy atom. The van der Waals surface area contributed by atoms with Gasteiger partial charge in [-0.3, -0.25) is 4.79 Å². The van der Waals surface area contributed by atoms with Crippen LogP contribution in [-0.2, 0) is 4.79 Å². The summed E-state index contributed by atoms with van der Waals surface area (Å²) in [7, 11) is 0. The summed E-state index contributed by atoms with van der Waals surface area (Å²) in [6, 6.07) is 5.97. The summed E-state index contributed by atoms with van der Waals surface area (Å²) in [5, 5.41) is 11.4. The first-order chi connectivity index (χ1) is 7.78. The Morgan fingerprint density at radius 3 is 2.24 bits per heavy atom. The summed E-state index contributed by atoms with van der Waals surface area (Å²) in [4.78, 5) is 22.2. The van der Waals surface area contributed by atoms with E-state index in [2.05, 4.69) is 5.32 Å². The van der Waals surface area contributed by atoms with Crippen LogP contribution in [-0.4, -0.2) is 22.5 Å². The first-order valence-corrected chi connectivity index (χ1v) is 5.20. The number of carboxylic acid groups (broad SMARTS) is 1. The van der Waals surface area contributed by atoms with Gasteiger partial charge in [0.2, 0.25) is 5.91 Å². The summed E-state index contributed by atoms with van der Waals surface area (Å²) in [5.41, 5.74) is 5.89. The third kappa shape index (κ3) is 4.65. The van der Waals surface area contributed by atoms with Crippen LogP contribution in [0.3, 0.4) is 0 Å². The molecule has 1 rings (SSSR count). The van der Waals surface area contributed by atoms with Crippen molar-refractivity contribution >= 4 is 17.6 Å². The summed E-state index contributed by atoms with van der Waals surface area (Å²) in [5.74, 6) is -1.19. The molecule has 0 aliphatic rings. The highest BCUT2D eigenvalue weighted by atomic mass is 16.4. The molecule has 1 amide bonds. The first kappa shape index (κ1) is 13.2. The second-order valence-electron chi connectivity index (χ2n) is 4.60. The van der Waals surface area contributed by atoms with E-state index in [0.29, 0.717) is 5.69 Å². The van der Waals surface area contributed by atoms with E-state index in [1.807, 2.05) is 0 Å². The van der Waals surface area contributed by atoms with Crippen LogP contribution in [0.15, 0.2) is 24.3 Å². The Labute approximate surface area is 99.6 Å². The Kier molecular flexibility index (Phi) is 3.85. The van der Waals surface area contributed by atoms with Gasteiger partial charge in [-0.05, 0) is 38.1 Å². The van der Waals surface area contributed by atoms with Gasteiger partial charge in [-0.25, -0.2) is 4.79 Å². The Hall–Kier alpha value is -1.88. The number of carbonyl (C=O) groups is 2. The number of hydrogen-bond acceptors (Lipinski definition) is 3. The average molecular weight is 236 g/mol. The van der Waals surface area contributed by atoms with Gasteiger partial charge in [-0.1, -0.05) is 0 Å². The molecule has 0 saturated carbocycles. The fourth-order valence-corrected chi connectivity index (χ4v) is 1.32. The van der Waals surface area contributed by atoms with Gasteiger partial charge in [0.15, 0.2) is 0 Å². The van der Waals surface area contributed by atoms with Crippen molar-refractivity contribution in [2.24, 2.45) is 5.73 Å². The minimum absolute atomic E-state index is 0.183. The predicted octanol–water partition coefficient (Wildman–Crippen LogP) is 1.45. The summed E-state index contributed by atoms with van der Waals surface area (Å²) >= 11 is 0. The molecule has 92 valence electrons. The van der Waals surface area contributed by atoms with Crippen LogP contribution >= 0.6 is 0 Å². The Bertz CT molecular complexity index is 418. The zero-order valence-corrected chi connectivity index (χ0v) is 9.86. The summed E-state index contributed by atoms with van der Waals surface area (Å²) in [6.07, 6.45) is 0.202. The number of amides is 1. The van der Waals surface area contributed by atoms with Crippen LogP contribution in [0.5, 0.6) is 0 Å². The maximum Gasteiger partial charge on any atom is 0.335 e. The third-order valence-corrected chi connectivity index (χ3v) is 2.03. The van der Waals surface area contributed by atoms with Crippen molar-refractivity contribution in [1.29, 1.82) is 0 Å². The number of anilines is 1. The Balaban J connectivity index is 2.64. The largest absolute Gasteiger partial charge is 0.478 e. The monoisotopic (exact) mass is 236 g/mol. The summed E-state index contributed by atoms with van der Waals surface area (Å²) in [6.45, 7) is 3.53. The minimum Gasteiger partial charge on any atom is -0.478 e. The predicted molar refractivity (Wildman–Crippen MR) is 64.9 cm³/mol. The molecule has 1 aromatic carbocycles. The average Bonchev–Trinajstić information content (AvgIpc) is 2.15. The standard InChI is InChI=1S/C12H16N2O3/c1-12(2,13)7-10(15)14-9-5-3-8(4-6-9)11(16)17/h3-6H,7,13H2,1-2H3,(H,14,15)(H,16,17). The molecule has 0 radical (unpaired) electrons. The number of nitrogens with two attached hydrogens (primary N) is 1. The smallest absolute Gasteiger partial charge is 0.335 e. The molecule has 0 fully saturated rings. The number of aromatic carboxylic acids is 1. The molecule has 4 N–H and O–H groups in total. The van der Waals surface area contributed by atoms with Gasteiger partial charge in [-0.2, -0.15) is 0 Å². The van der Waals surface area contributed by atoms with Crippen LogP contribution in [0.1, 0.15) is 30.6 Å². The molecule has 5 heteroatoms. The topological polar surface area (TPSA) is 92.4 Å². The molecular formula is C12H16N2O3. The lowest BCUT2D eigenvalue weighted by Gasteiger charge is -2.17. The van der Waals surface area contributed by atoms with Gasteiger partial charge in [0.1, 0.15) is 0 Å². The molecule has 0 unspecified atom stereocenters. The van der Waals surface area contributed by atoms with Gasteiger partial charge in [0.25, 0.3) is 0 Å². The van der Waals surface area contributed by atoms with E-state index in [1.165, 1.54) is 12.1 Å². The van der Waals surface area contributed by atoms with Crippen LogP contribution in [0, 0.1) is 0 Å². The molecule has 0 spiro atoms. The number of hydrogen-bond donors (Lipinski definition) is 3. The van der Waals surface area contributed by atoms with Crippen molar-refractivity contribution in [2.45, 2.75) is 25.8 Å². The van der Waals surface area contributed by atoms with Crippen molar-refractivity contribution in [3.05, 3.63) is 29.8 Å². The van der Waals surface area contributed by atoms with Crippen molar-refractivity contribution in [2.75, 3.05) is 5.32 Å². The molecule has 0 heterocycles. The van der Waals surface area contributed by atoms with Gasteiger partial charge >= 0.3 is 5.97 Å². The lowest BCUT2D eigenvalue weighted by molar-refractivity contribution is -0.117. The molecule has 1 aromatic rings. The maximum absolute atomic E-state index is 11.5.